The summed E-state index contributed by atoms with van der Waals surface area (Å²) in [6.07, 6.45) is 0.830. The number of carbonyl (C=O) groups excluding carboxylic acids is 2. The van der Waals surface area contributed by atoms with Crippen LogP contribution < -0.4 is 15.4 Å². The number of hydrogen-bond donors (Lipinski definition) is 2. The third-order valence-electron chi connectivity index (χ3n) is 6.78. The van der Waals surface area contributed by atoms with Crippen molar-refractivity contribution in [2.45, 2.75) is 24.9 Å². The predicted molar refractivity (Wildman–Crippen MR) is 140 cm³/mol. The molecule has 0 aliphatic heterocycles. The van der Waals surface area contributed by atoms with E-state index in [2.05, 4.69) is 31.2 Å². The molecule has 1 aliphatic carbocycles. The van der Waals surface area contributed by atoms with Crippen molar-refractivity contribution in [2.24, 2.45) is 7.05 Å². The molecule has 15 heteroatoms. The quantitative estimate of drug-likeness (QED) is 0.284. The number of rotatable bonds is 8. The van der Waals surface area contributed by atoms with Crippen molar-refractivity contribution in [1.82, 2.24) is 40.6 Å². The molecule has 1 fully saturated rings. The van der Waals surface area contributed by atoms with Crippen LogP contribution in [0, 0.1) is 11.6 Å². The number of aromatic nitrogens is 6. The lowest BCUT2D eigenvalue weighted by Crippen LogP contribution is -2.48. The molecule has 2 N–H and O–H groups in total. The zero-order valence-corrected chi connectivity index (χ0v) is 22.4. The van der Waals surface area contributed by atoms with Gasteiger partial charge in [-0.1, -0.05) is 17.7 Å². The highest BCUT2D eigenvalue weighted by Crippen LogP contribution is 2.39. The zero-order valence-electron chi connectivity index (χ0n) is 21.6. The average molecular weight is 583 g/mol. The molecular weight excluding hydrogens is 562 g/mol. The van der Waals surface area contributed by atoms with E-state index in [0.29, 0.717) is 35.1 Å². The highest BCUT2D eigenvalue weighted by atomic mass is 35.5. The first-order valence-electron chi connectivity index (χ1n) is 12.3. The molecule has 210 valence electrons. The number of tetrazole rings is 1. The molecule has 1 saturated carbocycles. The molecule has 41 heavy (non-hydrogen) atoms. The van der Waals surface area contributed by atoms with E-state index < -0.39 is 29.0 Å². The van der Waals surface area contributed by atoms with E-state index in [1.165, 1.54) is 48.3 Å². The Hall–Kier alpha value is -4.85. The van der Waals surface area contributed by atoms with E-state index in [4.69, 9.17) is 20.9 Å². The van der Waals surface area contributed by atoms with E-state index in [-0.39, 0.29) is 34.6 Å². The Morgan fingerprint density at radius 3 is 2.63 bits per heavy atom. The lowest BCUT2D eigenvalue weighted by molar-refractivity contribution is -0.124. The van der Waals surface area contributed by atoms with Crippen LogP contribution in [0.3, 0.4) is 0 Å². The lowest BCUT2D eigenvalue weighted by Gasteiger charge is -2.17. The monoisotopic (exact) mass is 582 g/mol. The average Bonchev–Trinajstić information content (AvgIpc) is 3.26. The summed E-state index contributed by atoms with van der Waals surface area (Å²) in [5.74, 6) is -1.96. The van der Waals surface area contributed by atoms with Gasteiger partial charge in [-0.3, -0.25) is 9.59 Å². The van der Waals surface area contributed by atoms with Crippen molar-refractivity contribution < 1.29 is 27.6 Å². The van der Waals surface area contributed by atoms with Gasteiger partial charge >= 0.3 is 0 Å². The third kappa shape index (κ3) is 4.75. The summed E-state index contributed by atoms with van der Waals surface area (Å²) in [6.45, 7) is -0.129. The smallest absolute Gasteiger partial charge is 0.290 e. The maximum atomic E-state index is 15.4. The molecule has 2 amide bonds. The van der Waals surface area contributed by atoms with Crippen molar-refractivity contribution in [3.63, 3.8) is 0 Å². The second-order valence-electron chi connectivity index (χ2n) is 9.49. The molecular formula is C26H21ClF2N8O4. The number of fused-ring (bicyclic) bond motifs is 1. The lowest BCUT2D eigenvalue weighted by atomic mass is 10.1. The number of halogens is 3. The standard InChI is InChI=1S/C26H21ClF2N8O4/c1-36-33-23(32-35-36)22-21(27)16-9-14(28)4-6-18(16)37(22)15-5-3-13(17(29)10-15)12-30-25(39)26(7-8-26)31-24(38)19-11-20(40-2)34-41-19/h3-6,9-11H,7-8,12H2,1-2H3,(H,30,39)(H,31,38). The van der Waals surface area contributed by atoms with Crippen molar-refractivity contribution in [3.8, 4) is 23.1 Å². The van der Waals surface area contributed by atoms with E-state index >= 15 is 4.39 Å². The van der Waals surface area contributed by atoms with Gasteiger partial charge in [0.05, 0.1) is 30.8 Å². The van der Waals surface area contributed by atoms with Gasteiger partial charge in [-0.15, -0.1) is 10.2 Å². The molecule has 3 heterocycles. The topological polar surface area (TPSA) is 142 Å². The van der Waals surface area contributed by atoms with Crippen LogP contribution in [0.5, 0.6) is 5.88 Å². The fourth-order valence-corrected chi connectivity index (χ4v) is 4.83. The first kappa shape index (κ1) is 26.4. The number of amides is 2. The van der Waals surface area contributed by atoms with Gasteiger partial charge < -0.3 is 24.5 Å². The summed E-state index contributed by atoms with van der Waals surface area (Å²) < 4.78 is 40.9. The molecule has 0 bridgehead atoms. The van der Waals surface area contributed by atoms with Gasteiger partial charge in [0.1, 0.15) is 22.9 Å². The number of aryl methyl sites for hydroxylation is 1. The Bertz CT molecular complexity index is 1830. The minimum absolute atomic E-state index is 0.0982. The Morgan fingerprint density at radius 2 is 1.98 bits per heavy atom. The van der Waals surface area contributed by atoms with E-state index in [0.717, 1.165) is 0 Å². The molecule has 12 nitrogen and oxygen atoms in total. The van der Waals surface area contributed by atoms with Crippen molar-refractivity contribution >= 4 is 34.3 Å². The molecule has 0 radical (unpaired) electrons. The Balaban J connectivity index is 1.23. The van der Waals surface area contributed by atoms with Gasteiger partial charge in [-0.25, -0.2) is 8.78 Å². The van der Waals surface area contributed by atoms with Gasteiger partial charge in [-0.2, -0.15) is 4.80 Å². The number of carbonyl (C=O) groups is 2. The van der Waals surface area contributed by atoms with Crippen LogP contribution in [0.2, 0.25) is 5.02 Å². The van der Waals surface area contributed by atoms with Crippen LogP contribution in [-0.2, 0) is 18.4 Å². The van der Waals surface area contributed by atoms with Gasteiger partial charge in [0, 0.05) is 23.2 Å². The third-order valence-corrected chi connectivity index (χ3v) is 7.16. The maximum Gasteiger partial charge on any atom is 0.290 e. The molecule has 1 aliphatic rings. The molecule has 5 aromatic rings. The van der Waals surface area contributed by atoms with Gasteiger partial charge in [0.2, 0.25) is 17.5 Å². The molecule has 0 atom stereocenters. The number of benzene rings is 2. The van der Waals surface area contributed by atoms with Crippen LogP contribution in [0.15, 0.2) is 47.0 Å². The van der Waals surface area contributed by atoms with Gasteiger partial charge in [0.15, 0.2) is 0 Å². The number of hydrogen-bond acceptors (Lipinski definition) is 8. The predicted octanol–water partition coefficient (Wildman–Crippen LogP) is 3.33. The highest BCUT2D eigenvalue weighted by Gasteiger charge is 2.51. The van der Waals surface area contributed by atoms with E-state index in [9.17, 15) is 14.0 Å². The number of nitrogens with one attached hydrogen (secondary N) is 2. The molecule has 3 aromatic heterocycles. The maximum absolute atomic E-state index is 15.4. The highest BCUT2D eigenvalue weighted by molar-refractivity contribution is 6.38. The Labute approximate surface area is 235 Å². The first-order valence-corrected chi connectivity index (χ1v) is 12.7. The van der Waals surface area contributed by atoms with E-state index in [1.807, 2.05) is 0 Å². The second-order valence-corrected chi connectivity index (χ2v) is 9.87. The molecule has 0 saturated heterocycles. The minimum Gasteiger partial charge on any atom is -0.479 e. The van der Waals surface area contributed by atoms with Gasteiger partial charge in [0.25, 0.3) is 11.8 Å². The minimum atomic E-state index is -1.12. The van der Waals surface area contributed by atoms with Crippen molar-refractivity contribution in [3.05, 3.63) is 70.4 Å². The number of nitrogens with zero attached hydrogens (tertiary/aromatic N) is 6. The first-order chi connectivity index (χ1) is 19.7. The largest absolute Gasteiger partial charge is 0.479 e. The summed E-state index contributed by atoms with van der Waals surface area (Å²) >= 11 is 6.62. The van der Waals surface area contributed by atoms with Crippen molar-refractivity contribution in [2.75, 3.05) is 7.11 Å². The van der Waals surface area contributed by atoms with Gasteiger partial charge in [-0.05, 0) is 53.5 Å². The van der Waals surface area contributed by atoms with Crippen LogP contribution in [0.4, 0.5) is 8.78 Å². The van der Waals surface area contributed by atoms with Crippen LogP contribution >= 0.6 is 11.6 Å². The second kappa shape index (κ2) is 9.96. The summed E-state index contributed by atoms with van der Waals surface area (Å²) in [4.78, 5) is 26.7. The molecule has 6 rings (SSSR count). The van der Waals surface area contributed by atoms with Crippen molar-refractivity contribution in [1.29, 1.82) is 0 Å². The Morgan fingerprint density at radius 1 is 1.17 bits per heavy atom. The van der Waals surface area contributed by atoms with E-state index in [1.54, 1.807) is 17.7 Å². The summed E-state index contributed by atoms with van der Waals surface area (Å²) in [6, 6.07) is 9.81. The normalized spacial score (nSPS) is 13.8. The Kier molecular flexibility index (Phi) is 6.41. The molecule has 2 aromatic carbocycles. The van der Waals surface area contributed by atoms with Crippen LogP contribution in [0.25, 0.3) is 28.1 Å². The number of methoxy groups -OCH3 is 1. The molecule has 0 spiro atoms. The zero-order chi connectivity index (χ0) is 28.9. The fraction of sp³-hybridized carbons (Fsp3) is 0.231. The fourth-order valence-electron chi connectivity index (χ4n) is 4.51. The number of ether oxygens (including phenoxy) is 1. The summed E-state index contributed by atoms with van der Waals surface area (Å²) in [5.41, 5.74) is 0.281. The summed E-state index contributed by atoms with van der Waals surface area (Å²) in [5, 5.41) is 21.6. The molecule has 0 unspecified atom stereocenters. The summed E-state index contributed by atoms with van der Waals surface area (Å²) in [7, 11) is 2.97. The SMILES string of the molecule is COc1cc(C(=O)NC2(C(=O)NCc3ccc(-n4c(-c5nnn(C)n5)c(Cl)c5cc(F)ccc54)cc3F)CC2)on1. The van der Waals surface area contributed by atoms with Crippen LogP contribution in [-0.4, -0.2) is 54.4 Å². The van der Waals surface area contributed by atoms with Crippen LogP contribution in [0.1, 0.15) is 29.0 Å².